The number of rotatable bonds is 46. The van der Waals surface area contributed by atoms with Crippen molar-refractivity contribution in [3.8, 4) is 0 Å². The van der Waals surface area contributed by atoms with E-state index in [1.165, 1.54) is 116 Å². The van der Waals surface area contributed by atoms with Crippen molar-refractivity contribution in [1.29, 1.82) is 0 Å². The van der Waals surface area contributed by atoms with Crippen LogP contribution in [-0.4, -0.2) is 37.2 Å². The fourth-order valence-corrected chi connectivity index (χ4v) is 7.10. The monoisotopic (exact) mass is 853 g/mol. The Morgan fingerprint density at radius 2 is 0.656 bits per heavy atom. The maximum atomic E-state index is 12.8. The van der Waals surface area contributed by atoms with Crippen LogP contribution < -0.4 is 0 Å². The van der Waals surface area contributed by atoms with Crippen LogP contribution in [0.5, 0.6) is 0 Å². The summed E-state index contributed by atoms with van der Waals surface area (Å²) in [6.45, 7) is 6.46. The second-order valence-corrected chi connectivity index (χ2v) is 17.0. The van der Waals surface area contributed by atoms with Crippen molar-refractivity contribution in [2.24, 2.45) is 0 Å². The highest BCUT2D eigenvalue weighted by atomic mass is 16.6. The third-order valence-electron chi connectivity index (χ3n) is 11.0. The van der Waals surface area contributed by atoms with Crippen LogP contribution in [0.1, 0.15) is 252 Å². The first kappa shape index (κ1) is 58.1. The number of unbranched alkanes of at least 4 members (excludes halogenated alkanes) is 25. The molecule has 0 aromatic heterocycles. The lowest BCUT2D eigenvalue weighted by atomic mass is 10.1. The fourth-order valence-electron chi connectivity index (χ4n) is 7.10. The maximum Gasteiger partial charge on any atom is 0.306 e. The third-order valence-corrected chi connectivity index (χ3v) is 11.0. The average Bonchev–Trinajstić information content (AvgIpc) is 3.26. The topological polar surface area (TPSA) is 78.9 Å². The standard InChI is InChI=1S/C55H96O6/c1-4-7-10-13-16-19-21-23-25-27-28-30-31-33-36-39-42-45-48-54(57)60-51-52(50-59-53(56)47-44-41-38-35-18-15-12-9-6-3)61-55(58)49-46-43-40-37-34-32-29-26-24-22-20-17-14-11-8-5-2/h8,11,17,20,24,26,28,30,35,38,52H,4-7,9-10,12-16,18-19,21-23,25,27,29,31-34,36-37,39-51H2,1-3H3/b11-8-,20-17-,26-24-,30-28-,38-35-. The molecule has 0 N–H and O–H groups in total. The van der Waals surface area contributed by atoms with Crippen molar-refractivity contribution < 1.29 is 28.6 Å². The highest BCUT2D eigenvalue weighted by Gasteiger charge is 2.19. The van der Waals surface area contributed by atoms with Crippen molar-refractivity contribution in [3.05, 3.63) is 60.8 Å². The number of allylic oxidation sites excluding steroid dienone is 10. The number of hydrogen-bond acceptors (Lipinski definition) is 6. The van der Waals surface area contributed by atoms with Gasteiger partial charge in [0.1, 0.15) is 13.2 Å². The summed E-state index contributed by atoms with van der Waals surface area (Å²) in [6, 6.07) is 0. The smallest absolute Gasteiger partial charge is 0.306 e. The van der Waals surface area contributed by atoms with E-state index in [0.29, 0.717) is 25.7 Å². The zero-order valence-corrected chi connectivity index (χ0v) is 40.2. The molecule has 0 fully saturated rings. The Hall–Kier alpha value is -2.89. The molecule has 61 heavy (non-hydrogen) atoms. The predicted molar refractivity (Wildman–Crippen MR) is 261 cm³/mol. The van der Waals surface area contributed by atoms with E-state index in [0.717, 1.165) is 89.9 Å². The lowest BCUT2D eigenvalue weighted by Gasteiger charge is -2.18. The molecule has 0 rings (SSSR count). The first-order valence-electron chi connectivity index (χ1n) is 25.8. The summed E-state index contributed by atoms with van der Waals surface area (Å²) < 4.78 is 16.7. The van der Waals surface area contributed by atoms with E-state index >= 15 is 0 Å². The highest BCUT2D eigenvalue weighted by molar-refractivity contribution is 5.71. The van der Waals surface area contributed by atoms with Gasteiger partial charge < -0.3 is 14.2 Å². The Kier molecular flexibility index (Phi) is 47.4. The molecule has 1 atom stereocenters. The summed E-state index contributed by atoms with van der Waals surface area (Å²) in [6.07, 6.45) is 60.8. The number of carbonyl (C=O) groups is 3. The molecule has 352 valence electrons. The molecule has 0 spiro atoms. The molecule has 0 amide bonds. The van der Waals surface area contributed by atoms with Crippen LogP contribution in [0.4, 0.5) is 0 Å². The van der Waals surface area contributed by atoms with Gasteiger partial charge in [-0.3, -0.25) is 14.4 Å². The minimum atomic E-state index is -0.793. The summed E-state index contributed by atoms with van der Waals surface area (Å²) in [5, 5.41) is 0. The van der Waals surface area contributed by atoms with E-state index in [9.17, 15) is 14.4 Å². The molecule has 0 heterocycles. The predicted octanol–water partition coefficient (Wildman–Crippen LogP) is 16.9. The molecule has 0 saturated carbocycles. The normalized spacial score (nSPS) is 12.5. The largest absolute Gasteiger partial charge is 0.462 e. The second kappa shape index (κ2) is 49.8. The molecule has 0 aliphatic rings. The Labute approximate surface area is 377 Å². The first-order valence-corrected chi connectivity index (χ1v) is 25.8. The van der Waals surface area contributed by atoms with Crippen molar-refractivity contribution >= 4 is 17.9 Å². The number of hydrogen-bond donors (Lipinski definition) is 0. The minimum absolute atomic E-state index is 0.0922. The van der Waals surface area contributed by atoms with E-state index in [2.05, 4.69) is 81.5 Å². The molecule has 0 aliphatic heterocycles. The van der Waals surface area contributed by atoms with Crippen molar-refractivity contribution in [1.82, 2.24) is 0 Å². The summed E-state index contributed by atoms with van der Waals surface area (Å²) in [4.78, 5) is 37.9. The maximum absolute atomic E-state index is 12.8. The molecule has 0 bridgehead atoms. The molecular weight excluding hydrogens is 757 g/mol. The van der Waals surface area contributed by atoms with E-state index in [1.807, 2.05) is 0 Å². The third kappa shape index (κ3) is 48.0. The lowest BCUT2D eigenvalue weighted by Crippen LogP contribution is -2.30. The molecule has 6 nitrogen and oxygen atoms in total. The van der Waals surface area contributed by atoms with E-state index in [4.69, 9.17) is 14.2 Å². The van der Waals surface area contributed by atoms with Gasteiger partial charge in [0.2, 0.25) is 0 Å². The summed E-state index contributed by atoms with van der Waals surface area (Å²) >= 11 is 0. The van der Waals surface area contributed by atoms with Gasteiger partial charge in [-0.1, -0.05) is 197 Å². The van der Waals surface area contributed by atoms with Gasteiger partial charge in [0.15, 0.2) is 6.10 Å². The van der Waals surface area contributed by atoms with Gasteiger partial charge in [0.05, 0.1) is 0 Å². The van der Waals surface area contributed by atoms with Gasteiger partial charge >= 0.3 is 17.9 Å². The van der Waals surface area contributed by atoms with Gasteiger partial charge in [0.25, 0.3) is 0 Å². The van der Waals surface area contributed by atoms with Gasteiger partial charge in [-0.05, 0) is 96.3 Å². The fraction of sp³-hybridized carbons (Fsp3) is 0.764. The molecule has 6 heteroatoms. The lowest BCUT2D eigenvalue weighted by molar-refractivity contribution is -0.167. The van der Waals surface area contributed by atoms with Gasteiger partial charge in [0, 0.05) is 19.3 Å². The zero-order chi connectivity index (χ0) is 44.4. The molecule has 0 saturated heterocycles. The van der Waals surface area contributed by atoms with E-state index in [-0.39, 0.29) is 31.1 Å². The Morgan fingerprint density at radius 3 is 1.10 bits per heavy atom. The minimum Gasteiger partial charge on any atom is -0.462 e. The van der Waals surface area contributed by atoms with E-state index < -0.39 is 6.10 Å². The second-order valence-electron chi connectivity index (χ2n) is 17.0. The van der Waals surface area contributed by atoms with Crippen LogP contribution >= 0.6 is 0 Å². The zero-order valence-electron chi connectivity index (χ0n) is 40.2. The summed E-state index contributed by atoms with van der Waals surface area (Å²) in [5.74, 6) is -0.947. The quantitative estimate of drug-likeness (QED) is 0.0263. The molecular formula is C55H96O6. The van der Waals surface area contributed by atoms with Crippen LogP contribution in [0.15, 0.2) is 60.8 Å². The Bertz CT molecular complexity index is 1120. The highest BCUT2D eigenvalue weighted by Crippen LogP contribution is 2.14. The van der Waals surface area contributed by atoms with Crippen molar-refractivity contribution in [3.63, 3.8) is 0 Å². The molecule has 0 aromatic rings. The first-order chi connectivity index (χ1) is 30.0. The number of ether oxygens (including phenoxy) is 3. The number of carbonyl (C=O) groups excluding carboxylic acids is 3. The van der Waals surface area contributed by atoms with Gasteiger partial charge in [-0.15, -0.1) is 0 Å². The van der Waals surface area contributed by atoms with Gasteiger partial charge in [-0.2, -0.15) is 0 Å². The van der Waals surface area contributed by atoms with Crippen molar-refractivity contribution in [2.75, 3.05) is 13.2 Å². The summed E-state index contributed by atoms with van der Waals surface area (Å²) in [7, 11) is 0. The van der Waals surface area contributed by atoms with Crippen LogP contribution in [0.2, 0.25) is 0 Å². The summed E-state index contributed by atoms with van der Waals surface area (Å²) in [5.41, 5.74) is 0. The number of esters is 3. The van der Waals surface area contributed by atoms with Crippen LogP contribution in [0.3, 0.4) is 0 Å². The molecule has 0 aliphatic carbocycles. The molecule has 1 unspecified atom stereocenters. The van der Waals surface area contributed by atoms with Crippen LogP contribution in [-0.2, 0) is 28.6 Å². The Balaban J connectivity index is 4.35. The SMILES string of the molecule is CC/C=C\C/C=C\C/C=C\CCCCCCCCC(=O)OC(COC(=O)CCC/C=C\CCCCCC)COC(=O)CCCCCCC/C=C\CCCCCCCCCCC. The molecule has 0 aromatic carbocycles. The molecule has 0 radical (unpaired) electrons. The van der Waals surface area contributed by atoms with Crippen LogP contribution in [0, 0.1) is 0 Å². The van der Waals surface area contributed by atoms with Crippen LogP contribution in [0.25, 0.3) is 0 Å². The van der Waals surface area contributed by atoms with Gasteiger partial charge in [-0.25, -0.2) is 0 Å². The van der Waals surface area contributed by atoms with E-state index in [1.54, 1.807) is 0 Å². The Morgan fingerprint density at radius 1 is 0.344 bits per heavy atom. The van der Waals surface area contributed by atoms with Crippen molar-refractivity contribution in [2.45, 2.75) is 258 Å². The average molecular weight is 853 g/mol.